The summed E-state index contributed by atoms with van der Waals surface area (Å²) in [5.41, 5.74) is 2.43. The first kappa shape index (κ1) is 18.1. The number of piperidine rings is 1. The van der Waals surface area contributed by atoms with Gasteiger partial charge in [0.05, 0.1) is 6.54 Å². The zero-order valence-electron chi connectivity index (χ0n) is 15.7. The van der Waals surface area contributed by atoms with E-state index in [2.05, 4.69) is 61.7 Å². The number of aryl methyl sites for hydroxylation is 1. The van der Waals surface area contributed by atoms with Crippen LogP contribution in [-0.4, -0.2) is 50.1 Å². The number of hydrogen-bond acceptors (Lipinski definition) is 7. The maximum Gasteiger partial charge on any atom is 0.147 e. The lowest BCUT2D eigenvalue weighted by Crippen LogP contribution is -2.46. The lowest BCUT2D eigenvalue weighted by atomic mass is 10.0. The van der Waals surface area contributed by atoms with Crippen molar-refractivity contribution in [1.29, 1.82) is 0 Å². The molecule has 1 saturated heterocycles. The molecule has 0 spiro atoms. The van der Waals surface area contributed by atoms with E-state index >= 15 is 0 Å². The number of aromatic nitrogens is 5. The fourth-order valence-corrected chi connectivity index (χ4v) is 4.30. The van der Waals surface area contributed by atoms with Gasteiger partial charge in [0, 0.05) is 36.4 Å². The van der Waals surface area contributed by atoms with E-state index in [0.717, 1.165) is 48.1 Å². The Hall–Kier alpha value is -2.32. The van der Waals surface area contributed by atoms with Crippen molar-refractivity contribution in [2.45, 2.75) is 45.3 Å². The number of benzene rings is 1. The second kappa shape index (κ2) is 8.14. The molecule has 1 fully saturated rings. The summed E-state index contributed by atoms with van der Waals surface area (Å²) in [5, 5.41) is 18.3. The zero-order valence-corrected chi connectivity index (χ0v) is 16.6. The minimum absolute atomic E-state index is 0.382. The molecule has 1 N–H and O–H groups in total. The summed E-state index contributed by atoms with van der Waals surface area (Å²) >= 11 is 1.64. The molecular formula is C19H25N7S. The molecule has 1 aliphatic rings. The Morgan fingerprint density at radius 3 is 2.81 bits per heavy atom. The van der Waals surface area contributed by atoms with Gasteiger partial charge in [-0.05, 0) is 38.8 Å². The lowest BCUT2D eigenvalue weighted by Gasteiger charge is -2.35. The molecule has 1 aromatic carbocycles. The van der Waals surface area contributed by atoms with E-state index < -0.39 is 0 Å². The largest absolute Gasteiger partial charge is 0.371 e. The first-order chi connectivity index (χ1) is 13.2. The predicted molar refractivity (Wildman–Crippen MR) is 108 cm³/mol. The number of anilines is 1. The zero-order chi connectivity index (χ0) is 18.6. The minimum atomic E-state index is 0.382. The maximum absolute atomic E-state index is 4.28. The molecule has 2 aromatic heterocycles. The molecule has 3 heterocycles. The van der Waals surface area contributed by atoms with E-state index in [4.69, 9.17) is 0 Å². The normalized spacial score (nSPS) is 16.6. The molecule has 4 rings (SSSR count). The van der Waals surface area contributed by atoms with Gasteiger partial charge >= 0.3 is 0 Å². The van der Waals surface area contributed by atoms with Gasteiger partial charge in [-0.3, -0.25) is 4.68 Å². The van der Waals surface area contributed by atoms with Crippen molar-refractivity contribution in [1.82, 2.24) is 30.3 Å². The van der Waals surface area contributed by atoms with Crippen molar-refractivity contribution in [2.75, 3.05) is 18.0 Å². The lowest BCUT2D eigenvalue weighted by molar-refractivity contribution is 0.348. The van der Waals surface area contributed by atoms with Crippen molar-refractivity contribution in [3.63, 3.8) is 0 Å². The number of nitrogens with one attached hydrogen (secondary N) is 1. The van der Waals surface area contributed by atoms with Crippen molar-refractivity contribution in [3.05, 3.63) is 41.9 Å². The first-order valence-electron chi connectivity index (χ1n) is 9.41. The predicted octanol–water partition coefficient (Wildman–Crippen LogP) is 2.75. The van der Waals surface area contributed by atoms with Crippen molar-refractivity contribution >= 4 is 17.0 Å². The summed E-state index contributed by atoms with van der Waals surface area (Å²) in [7, 11) is 0. The van der Waals surface area contributed by atoms with E-state index in [1.165, 1.54) is 5.69 Å². The molecule has 0 bridgehead atoms. The quantitative estimate of drug-likeness (QED) is 0.706. The Morgan fingerprint density at radius 2 is 2.11 bits per heavy atom. The van der Waals surface area contributed by atoms with Crippen LogP contribution in [0.25, 0.3) is 10.6 Å². The van der Waals surface area contributed by atoms with Crippen LogP contribution in [0.1, 0.15) is 24.8 Å². The number of hydrogen-bond donors (Lipinski definition) is 1. The second-order valence-corrected chi connectivity index (χ2v) is 8.30. The summed E-state index contributed by atoms with van der Waals surface area (Å²) in [4.78, 5) is 6.48. The van der Waals surface area contributed by atoms with Crippen molar-refractivity contribution < 1.29 is 0 Å². The van der Waals surface area contributed by atoms with Gasteiger partial charge in [0.2, 0.25) is 0 Å². The van der Waals surface area contributed by atoms with Gasteiger partial charge in [-0.25, -0.2) is 4.98 Å². The van der Waals surface area contributed by atoms with Gasteiger partial charge in [-0.1, -0.05) is 23.5 Å². The van der Waals surface area contributed by atoms with Gasteiger partial charge in [-0.2, -0.15) is 5.10 Å². The number of rotatable bonds is 6. The Labute approximate surface area is 163 Å². The third-order valence-corrected chi connectivity index (χ3v) is 5.81. The first-order valence-corrected chi connectivity index (χ1v) is 10.2. The second-order valence-electron chi connectivity index (χ2n) is 7.12. The Balaban J connectivity index is 1.32. The van der Waals surface area contributed by atoms with Gasteiger partial charge in [0.15, 0.2) is 0 Å². The van der Waals surface area contributed by atoms with E-state index in [9.17, 15) is 0 Å². The average molecular weight is 384 g/mol. The highest BCUT2D eigenvalue weighted by atomic mass is 32.1. The third-order valence-electron chi connectivity index (χ3n) is 4.93. The van der Waals surface area contributed by atoms with E-state index in [1.807, 2.05) is 11.6 Å². The molecule has 0 amide bonds. The smallest absolute Gasteiger partial charge is 0.147 e. The van der Waals surface area contributed by atoms with Crippen molar-refractivity contribution in [2.24, 2.45) is 0 Å². The molecule has 1 unspecified atom stereocenters. The fraction of sp³-hybridized carbons (Fsp3) is 0.474. The van der Waals surface area contributed by atoms with Crippen LogP contribution in [0.4, 0.5) is 5.69 Å². The molecule has 8 heteroatoms. The molecular weight excluding hydrogens is 358 g/mol. The molecule has 27 heavy (non-hydrogen) atoms. The Morgan fingerprint density at radius 1 is 1.26 bits per heavy atom. The fourth-order valence-electron chi connectivity index (χ4n) is 3.62. The third kappa shape index (κ3) is 4.51. The van der Waals surface area contributed by atoms with Crippen molar-refractivity contribution in [3.8, 4) is 10.6 Å². The topological polar surface area (TPSA) is 71.8 Å². The average Bonchev–Trinajstić information content (AvgIpc) is 3.34. The SMILES string of the molecule is Cc1nnc(-c2cccc(N3CCC(NC(C)Cn4cncn4)CC3)c2)s1. The molecule has 0 aliphatic carbocycles. The van der Waals surface area contributed by atoms with Crippen LogP contribution in [0.2, 0.25) is 0 Å². The summed E-state index contributed by atoms with van der Waals surface area (Å²) < 4.78 is 1.88. The molecule has 0 radical (unpaired) electrons. The molecule has 0 saturated carbocycles. The van der Waals surface area contributed by atoms with Crippen LogP contribution in [0.5, 0.6) is 0 Å². The summed E-state index contributed by atoms with van der Waals surface area (Å²) in [6, 6.07) is 9.59. The summed E-state index contributed by atoms with van der Waals surface area (Å²) in [5.74, 6) is 0. The van der Waals surface area contributed by atoms with Gasteiger partial charge in [-0.15, -0.1) is 10.2 Å². The van der Waals surface area contributed by atoms with Gasteiger partial charge in [0.25, 0.3) is 0 Å². The highest BCUT2D eigenvalue weighted by Gasteiger charge is 2.21. The molecule has 142 valence electrons. The van der Waals surface area contributed by atoms with Crippen LogP contribution in [0.3, 0.4) is 0 Å². The van der Waals surface area contributed by atoms with Gasteiger partial charge in [0.1, 0.15) is 22.7 Å². The van der Waals surface area contributed by atoms with Crippen LogP contribution < -0.4 is 10.2 Å². The minimum Gasteiger partial charge on any atom is -0.371 e. The van der Waals surface area contributed by atoms with Crippen LogP contribution in [0, 0.1) is 6.92 Å². The Kier molecular flexibility index (Phi) is 5.45. The van der Waals surface area contributed by atoms with E-state index in [0.29, 0.717) is 12.1 Å². The van der Waals surface area contributed by atoms with E-state index in [-0.39, 0.29) is 0 Å². The summed E-state index contributed by atoms with van der Waals surface area (Å²) in [6.45, 7) is 7.18. The number of nitrogens with zero attached hydrogens (tertiary/aromatic N) is 6. The standard InChI is InChI=1S/C19H25N7S/c1-14(11-26-13-20-12-21-26)22-17-6-8-25(9-7-17)18-5-3-4-16(10-18)19-24-23-15(2)27-19/h3-5,10,12-14,17,22H,6-9,11H2,1-2H3. The summed E-state index contributed by atoms with van der Waals surface area (Å²) in [6.07, 6.45) is 5.64. The van der Waals surface area contributed by atoms with Crippen LogP contribution >= 0.6 is 11.3 Å². The van der Waals surface area contributed by atoms with Crippen LogP contribution in [-0.2, 0) is 6.54 Å². The maximum atomic E-state index is 4.28. The highest BCUT2D eigenvalue weighted by Crippen LogP contribution is 2.28. The van der Waals surface area contributed by atoms with Crippen LogP contribution in [0.15, 0.2) is 36.9 Å². The molecule has 1 atom stereocenters. The molecule has 7 nitrogen and oxygen atoms in total. The highest BCUT2D eigenvalue weighted by molar-refractivity contribution is 7.14. The molecule has 1 aliphatic heterocycles. The Bertz CT molecular complexity index is 853. The van der Waals surface area contributed by atoms with Gasteiger partial charge < -0.3 is 10.2 Å². The van der Waals surface area contributed by atoms with E-state index in [1.54, 1.807) is 24.0 Å². The monoisotopic (exact) mass is 383 g/mol. The molecule has 3 aromatic rings.